The molecule has 1 saturated heterocycles. The fourth-order valence-electron chi connectivity index (χ4n) is 3.44. The van der Waals surface area contributed by atoms with Crippen LogP contribution in [0, 0.1) is 0 Å². The normalized spacial score (nSPS) is 18.4. The first kappa shape index (κ1) is 26.6. The number of alkyl halides is 5. The Morgan fingerprint density at radius 1 is 1.12 bits per heavy atom. The SMILES string of the molecule is C=C(N[C@@H](C)C(=O)N1CCCC1C(=O)N[C@@H](C)C(=O)C(F)(F)F)C(F)(F)c1cccc(Cl)c1. The van der Waals surface area contributed by atoms with Crippen LogP contribution in [0.15, 0.2) is 36.5 Å². The van der Waals surface area contributed by atoms with Gasteiger partial charge in [-0.2, -0.15) is 22.0 Å². The molecule has 3 atom stereocenters. The van der Waals surface area contributed by atoms with Gasteiger partial charge in [-0.1, -0.05) is 30.3 Å². The summed E-state index contributed by atoms with van der Waals surface area (Å²) in [5.41, 5.74) is -1.20. The van der Waals surface area contributed by atoms with Crippen molar-refractivity contribution in [3.63, 3.8) is 0 Å². The van der Waals surface area contributed by atoms with E-state index < -0.39 is 59.1 Å². The molecule has 6 nitrogen and oxygen atoms in total. The minimum Gasteiger partial charge on any atom is -0.373 e. The van der Waals surface area contributed by atoms with E-state index in [-0.39, 0.29) is 18.0 Å². The molecule has 1 fully saturated rings. The molecule has 0 bridgehead atoms. The lowest BCUT2D eigenvalue weighted by Crippen LogP contribution is -2.54. The molecule has 0 aliphatic carbocycles. The van der Waals surface area contributed by atoms with Gasteiger partial charge >= 0.3 is 12.1 Å². The topological polar surface area (TPSA) is 78.5 Å². The number of Topliss-reactive ketones (excluding diaryl/α,β-unsaturated/α-hetero) is 1. The first-order valence-electron chi connectivity index (χ1n) is 9.98. The van der Waals surface area contributed by atoms with Gasteiger partial charge in [-0.3, -0.25) is 14.4 Å². The highest BCUT2D eigenvalue weighted by atomic mass is 35.5. The van der Waals surface area contributed by atoms with Gasteiger partial charge in [0.1, 0.15) is 12.1 Å². The lowest BCUT2D eigenvalue weighted by Gasteiger charge is -2.30. The van der Waals surface area contributed by atoms with Crippen molar-refractivity contribution in [3.05, 3.63) is 47.1 Å². The Kier molecular flexibility index (Phi) is 8.10. The van der Waals surface area contributed by atoms with Crippen LogP contribution in [0.1, 0.15) is 32.3 Å². The maximum atomic E-state index is 14.7. The van der Waals surface area contributed by atoms with Crippen LogP contribution in [0.3, 0.4) is 0 Å². The van der Waals surface area contributed by atoms with Crippen molar-refractivity contribution in [3.8, 4) is 0 Å². The average Bonchev–Trinajstić information content (AvgIpc) is 3.21. The van der Waals surface area contributed by atoms with Crippen molar-refractivity contribution in [1.82, 2.24) is 15.5 Å². The predicted molar refractivity (Wildman–Crippen MR) is 110 cm³/mol. The fourth-order valence-corrected chi connectivity index (χ4v) is 3.63. The van der Waals surface area contributed by atoms with E-state index >= 15 is 0 Å². The van der Waals surface area contributed by atoms with Gasteiger partial charge in [0.05, 0.1) is 11.7 Å². The smallest absolute Gasteiger partial charge is 0.373 e. The molecule has 1 aromatic carbocycles. The summed E-state index contributed by atoms with van der Waals surface area (Å²) in [6.45, 7) is 5.60. The van der Waals surface area contributed by atoms with Crippen molar-refractivity contribution in [2.24, 2.45) is 0 Å². The van der Waals surface area contributed by atoms with Crippen molar-refractivity contribution in [2.75, 3.05) is 6.54 Å². The second kappa shape index (κ2) is 10.1. The van der Waals surface area contributed by atoms with Gasteiger partial charge in [0.2, 0.25) is 11.8 Å². The molecule has 0 radical (unpaired) electrons. The van der Waals surface area contributed by atoms with Gasteiger partial charge in [0.15, 0.2) is 0 Å². The molecular formula is C21H23ClF5N3O3. The Morgan fingerprint density at radius 3 is 2.33 bits per heavy atom. The van der Waals surface area contributed by atoms with Crippen LogP contribution in [-0.2, 0) is 20.3 Å². The van der Waals surface area contributed by atoms with E-state index in [1.165, 1.54) is 19.1 Å². The summed E-state index contributed by atoms with van der Waals surface area (Å²) in [5.74, 6) is -7.33. The molecule has 0 aromatic heterocycles. The van der Waals surface area contributed by atoms with Gasteiger partial charge in [-0.05, 0) is 38.8 Å². The molecule has 1 aliphatic heterocycles. The van der Waals surface area contributed by atoms with Crippen LogP contribution >= 0.6 is 11.6 Å². The van der Waals surface area contributed by atoms with Crippen molar-refractivity contribution >= 4 is 29.2 Å². The van der Waals surface area contributed by atoms with E-state index in [1.807, 2.05) is 5.32 Å². The summed E-state index contributed by atoms with van der Waals surface area (Å²) in [4.78, 5) is 37.6. The Morgan fingerprint density at radius 2 is 1.76 bits per heavy atom. The minimum absolute atomic E-state index is 0.0910. The Bertz CT molecular complexity index is 938. The van der Waals surface area contributed by atoms with Crippen LogP contribution in [0.25, 0.3) is 0 Å². The molecule has 2 amide bonds. The number of ketones is 1. The maximum absolute atomic E-state index is 14.7. The van der Waals surface area contributed by atoms with Gasteiger partial charge in [0.25, 0.3) is 5.78 Å². The molecule has 1 aromatic rings. The number of hydrogen-bond acceptors (Lipinski definition) is 4. The quantitative estimate of drug-likeness (QED) is 0.541. The summed E-state index contributed by atoms with van der Waals surface area (Å²) in [7, 11) is 0. The number of nitrogens with zero attached hydrogens (tertiary/aromatic N) is 1. The van der Waals surface area contributed by atoms with Gasteiger partial charge < -0.3 is 15.5 Å². The molecule has 33 heavy (non-hydrogen) atoms. The molecule has 0 saturated carbocycles. The summed E-state index contributed by atoms with van der Waals surface area (Å²) < 4.78 is 67.1. The van der Waals surface area contributed by atoms with Crippen LogP contribution in [0.4, 0.5) is 22.0 Å². The third kappa shape index (κ3) is 6.21. The molecule has 12 heteroatoms. The first-order valence-corrected chi connectivity index (χ1v) is 10.4. The van der Waals surface area contributed by atoms with Crippen LogP contribution in [-0.4, -0.2) is 53.3 Å². The lowest BCUT2D eigenvalue weighted by atomic mass is 10.1. The summed E-state index contributed by atoms with van der Waals surface area (Å²) in [5, 5.41) is 4.40. The number of carbonyl (C=O) groups excluding carboxylic acids is 3. The van der Waals surface area contributed by atoms with Crippen LogP contribution in [0.2, 0.25) is 5.02 Å². The number of likely N-dealkylation sites (tertiary alicyclic amines) is 1. The van der Waals surface area contributed by atoms with E-state index in [9.17, 15) is 36.3 Å². The highest BCUT2D eigenvalue weighted by Crippen LogP contribution is 2.35. The summed E-state index contributed by atoms with van der Waals surface area (Å²) in [6, 6.07) is 0.788. The standard InChI is InChI=1S/C21H23ClF5N3O3/c1-11(17(31)21(25,26)27)29-18(32)16-8-5-9-30(16)19(33)12(2)28-13(3)20(23,24)14-6-4-7-15(22)10-14/h4,6-7,10-12,16,28H,3,5,8-9H2,1-2H3,(H,29,32)/t11-,12-,16?/m0/s1. The number of rotatable bonds is 8. The Labute approximate surface area is 192 Å². The number of hydrogen-bond donors (Lipinski definition) is 2. The average molecular weight is 496 g/mol. The highest BCUT2D eigenvalue weighted by molar-refractivity contribution is 6.30. The first-order chi connectivity index (χ1) is 15.2. The lowest BCUT2D eigenvalue weighted by molar-refractivity contribution is -0.173. The van der Waals surface area contributed by atoms with Crippen LogP contribution < -0.4 is 10.6 Å². The van der Waals surface area contributed by atoms with E-state index in [0.29, 0.717) is 6.42 Å². The van der Waals surface area contributed by atoms with Gasteiger partial charge in [-0.25, -0.2) is 0 Å². The van der Waals surface area contributed by atoms with E-state index in [1.54, 1.807) is 0 Å². The molecular weight excluding hydrogens is 473 g/mol. The number of nitrogens with one attached hydrogen (secondary N) is 2. The number of halogens is 6. The zero-order chi connectivity index (χ0) is 25.1. The number of carbonyl (C=O) groups is 3. The monoisotopic (exact) mass is 495 g/mol. The van der Waals surface area contributed by atoms with E-state index in [4.69, 9.17) is 11.6 Å². The molecule has 0 spiro atoms. The molecule has 2 N–H and O–H groups in total. The zero-order valence-electron chi connectivity index (χ0n) is 17.8. The number of amides is 2. The molecule has 1 heterocycles. The molecule has 2 rings (SSSR count). The largest absolute Gasteiger partial charge is 0.452 e. The van der Waals surface area contributed by atoms with E-state index in [0.717, 1.165) is 24.0 Å². The molecule has 182 valence electrons. The van der Waals surface area contributed by atoms with Crippen molar-refractivity contribution in [1.29, 1.82) is 0 Å². The second-order valence-corrected chi connectivity index (χ2v) is 8.15. The minimum atomic E-state index is -5.12. The van der Waals surface area contributed by atoms with Crippen molar-refractivity contribution < 1.29 is 36.3 Å². The van der Waals surface area contributed by atoms with Gasteiger partial charge in [-0.15, -0.1) is 0 Å². The zero-order valence-corrected chi connectivity index (χ0v) is 18.6. The fraction of sp³-hybridized carbons (Fsp3) is 0.476. The predicted octanol–water partition coefficient (Wildman–Crippen LogP) is 3.55. The second-order valence-electron chi connectivity index (χ2n) is 7.71. The Hall–Kier alpha value is -2.69. The number of benzene rings is 1. The third-order valence-electron chi connectivity index (χ3n) is 5.20. The summed E-state index contributed by atoms with van der Waals surface area (Å²) in [6.07, 6.45) is -4.60. The molecule has 1 unspecified atom stereocenters. The third-order valence-corrected chi connectivity index (χ3v) is 5.43. The summed E-state index contributed by atoms with van der Waals surface area (Å²) >= 11 is 5.76. The Balaban J connectivity index is 2.05. The van der Waals surface area contributed by atoms with Crippen molar-refractivity contribution in [2.45, 2.75) is 56.9 Å². The van der Waals surface area contributed by atoms with E-state index in [2.05, 4.69) is 11.9 Å². The number of allylic oxidation sites excluding steroid dienone is 1. The maximum Gasteiger partial charge on any atom is 0.452 e. The molecule has 1 aliphatic rings. The highest BCUT2D eigenvalue weighted by Gasteiger charge is 2.44. The van der Waals surface area contributed by atoms with Gasteiger partial charge in [0, 0.05) is 17.1 Å². The van der Waals surface area contributed by atoms with Crippen LogP contribution in [0.5, 0.6) is 0 Å².